The normalized spacial score (nSPS) is 12.9. The number of nitrogens with zero attached hydrogens (tertiary/aromatic N) is 2. The number of halogens is 3. The first kappa shape index (κ1) is 20.1. The van der Waals surface area contributed by atoms with Gasteiger partial charge >= 0.3 is 0 Å². The quantitative estimate of drug-likeness (QED) is 0.498. The van der Waals surface area contributed by atoms with Gasteiger partial charge in [0.15, 0.2) is 0 Å². The van der Waals surface area contributed by atoms with Gasteiger partial charge in [-0.3, -0.25) is 0 Å². The van der Waals surface area contributed by atoms with Gasteiger partial charge in [0.25, 0.3) is 0 Å². The lowest BCUT2D eigenvalue weighted by Gasteiger charge is -2.20. The molecule has 1 aromatic heterocycles. The van der Waals surface area contributed by atoms with Crippen LogP contribution in [0.3, 0.4) is 0 Å². The summed E-state index contributed by atoms with van der Waals surface area (Å²) in [5, 5.41) is 0. The van der Waals surface area contributed by atoms with Gasteiger partial charge in [-0.1, -0.05) is 24.3 Å². The Labute approximate surface area is 170 Å². The summed E-state index contributed by atoms with van der Waals surface area (Å²) in [4.78, 5) is 3.61. The average Bonchev–Trinajstić information content (AvgIpc) is 3.10. The number of imidazole rings is 1. The zero-order valence-corrected chi connectivity index (χ0v) is 16.3. The second kappa shape index (κ2) is 7.92. The Balaban J connectivity index is 1.72. The van der Waals surface area contributed by atoms with Gasteiger partial charge in [0.2, 0.25) is 10.0 Å². The second-order valence-corrected chi connectivity index (χ2v) is 8.37. The Bertz CT molecular complexity index is 1300. The standard InChI is InChI=1S/C21H16F3N3O2S/c22-15-7-5-14(6-8-15)19(12-27-13-25-18-3-1-2-4-20(18)27)26-30(28,29)21-10-9-16(23)11-17(21)24/h1-11,13,19,26H,12H2. The van der Waals surface area contributed by atoms with Gasteiger partial charge in [0.1, 0.15) is 22.3 Å². The molecule has 1 N–H and O–H groups in total. The first-order valence-corrected chi connectivity index (χ1v) is 10.4. The first-order chi connectivity index (χ1) is 14.3. The van der Waals surface area contributed by atoms with E-state index in [-0.39, 0.29) is 6.54 Å². The molecule has 4 rings (SSSR count). The number of benzene rings is 3. The molecule has 30 heavy (non-hydrogen) atoms. The summed E-state index contributed by atoms with van der Waals surface area (Å²) < 4.78 is 70.6. The molecule has 0 bridgehead atoms. The van der Waals surface area contributed by atoms with Crippen LogP contribution in [0.4, 0.5) is 13.2 Å². The molecule has 0 saturated heterocycles. The fraction of sp³-hybridized carbons (Fsp3) is 0.0952. The molecule has 3 aromatic carbocycles. The number of aromatic nitrogens is 2. The number of sulfonamides is 1. The fourth-order valence-corrected chi connectivity index (χ4v) is 4.48. The molecule has 0 fully saturated rings. The summed E-state index contributed by atoms with van der Waals surface area (Å²) in [6.45, 7) is 0.119. The molecule has 5 nitrogen and oxygen atoms in total. The van der Waals surface area contributed by atoms with Crippen molar-refractivity contribution in [1.29, 1.82) is 0 Å². The minimum atomic E-state index is -4.34. The third-order valence-electron chi connectivity index (χ3n) is 4.66. The SMILES string of the molecule is O=S(=O)(NC(Cn1cnc2ccccc21)c1ccc(F)cc1)c1ccc(F)cc1F. The Morgan fingerprint density at radius 3 is 2.37 bits per heavy atom. The van der Waals surface area contributed by atoms with E-state index in [4.69, 9.17) is 0 Å². The van der Waals surface area contributed by atoms with Gasteiger partial charge < -0.3 is 4.57 Å². The summed E-state index contributed by atoms with van der Waals surface area (Å²) >= 11 is 0. The molecule has 1 heterocycles. The number of para-hydroxylation sites is 2. The molecule has 0 aliphatic heterocycles. The number of fused-ring (bicyclic) bond motifs is 1. The molecule has 0 spiro atoms. The smallest absolute Gasteiger partial charge is 0.244 e. The lowest BCUT2D eigenvalue weighted by Crippen LogP contribution is -2.32. The zero-order valence-electron chi connectivity index (χ0n) is 15.5. The van der Waals surface area contributed by atoms with Crippen LogP contribution in [-0.4, -0.2) is 18.0 Å². The van der Waals surface area contributed by atoms with E-state index in [0.717, 1.165) is 23.2 Å². The van der Waals surface area contributed by atoms with E-state index in [9.17, 15) is 21.6 Å². The van der Waals surface area contributed by atoms with Gasteiger partial charge in [0, 0.05) is 12.6 Å². The molecule has 1 unspecified atom stereocenters. The predicted octanol–water partition coefficient (Wildman–Crippen LogP) is 4.17. The minimum Gasteiger partial charge on any atom is -0.329 e. The van der Waals surface area contributed by atoms with Crippen LogP contribution in [0.15, 0.2) is 78.0 Å². The van der Waals surface area contributed by atoms with Crippen molar-refractivity contribution < 1.29 is 21.6 Å². The van der Waals surface area contributed by atoms with Crippen LogP contribution in [0.1, 0.15) is 11.6 Å². The highest BCUT2D eigenvalue weighted by Gasteiger charge is 2.25. The van der Waals surface area contributed by atoms with E-state index in [1.165, 1.54) is 24.3 Å². The summed E-state index contributed by atoms with van der Waals surface area (Å²) in [6, 6.07) is 14.0. The first-order valence-electron chi connectivity index (χ1n) is 8.96. The highest BCUT2D eigenvalue weighted by atomic mass is 32.2. The maximum Gasteiger partial charge on any atom is 0.244 e. The largest absolute Gasteiger partial charge is 0.329 e. The summed E-state index contributed by atoms with van der Waals surface area (Å²) in [6.07, 6.45) is 1.56. The van der Waals surface area contributed by atoms with Crippen LogP contribution in [0, 0.1) is 17.5 Å². The number of rotatable bonds is 6. The number of nitrogens with one attached hydrogen (secondary N) is 1. The fourth-order valence-electron chi connectivity index (χ4n) is 3.20. The van der Waals surface area contributed by atoms with Crippen LogP contribution < -0.4 is 4.72 Å². The molecule has 4 aromatic rings. The second-order valence-electron chi connectivity index (χ2n) is 6.69. The van der Waals surface area contributed by atoms with Gasteiger partial charge in [-0.2, -0.15) is 0 Å². The van der Waals surface area contributed by atoms with E-state index in [2.05, 4.69) is 9.71 Å². The van der Waals surface area contributed by atoms with E-state index in [1.807, 2.05) is 24.3 Å². The summed E-state index contributed by atoms with van der Waals surface area (Å²) in [5.74, 6) is -2.56. The van der Waals surface area contributed by atoms with Crippen molar-refractivity contribution >= 4 is 21.1 Å². The van der Waals surface area contributed by atoms with Crippen molar-refractivity contribution in [3.05, 3.63) is 96.1 Å². The minimum absolute atomic E-state index is 0.119. The van der Waals surface area contributed by atoms with Crippen molar-refractivity contribution in [2.75, 3.05) is 0 Å². The average molecular weight is 431 g/mol. The van der Waals surface area contributed by atoms with Crippen molar-refractivity contribution in [1.82, 2.24) is 14.3 Å². The molecule has 0 aliphatic carbocycles. The van der Waals surface area contributed by atoms with Gasteiger partial charge in [-0.05, 0) is 42.0 Å². The van der Waals surface area contributed by atoms with Gasteiger partial charge in [-0.15, -0.1) is 0 Å². The molecular formula is C21H16F3N3O2S. The van der Waals surface area contributed by atoms with Gasteiger partial charge in [-0.25, -0.2) is 31.3 Å². The molecule has 154 valence electrons. The predicted molar refractivity (Wildman–Crippen MR) is 106 cm³/mol. The topological polar surface area (TPSA) is 64.0 Å². The van der Waals surface area contributed by atoms with E-state index in [0.29, 0.717) is 11.6 Å². The molecule has 0 saturated carbocycles. The van der Waals surface area contributed by atoms with Crippen LogP contribution >= 0.6 is 0 Å². The van der Waals surface area contributed by atoms with Crippen LogP contribution in [0.25, 0.3) is 11.0 Å². The highest BCUT2D eigenvalue weighted by Crippen LogP contribution is 2.23. The third-order valence-corrected chi connectivity index (χ3v) is 6.16. The van der Waals surface area contributed by atoms with Gasteiger partial charge in [0.05, 0.1) is 23.4 Å². The van der Waals surface area contributed by atoms with Crippen molar-refractivity contribution in [2.45, 2.75) is 17.5 Å². The maximum absolute atomic E-state index is 14.1. The van der Waals surface area contributed by atoms with E-state index >= 15 is 0 Å². The Morgan fingerprint density at radius 1 is 0.933 bits per heavy atom. The number of hydrogen-bond acceptors (Lipinski definition) is 3. The summed E-state index contributed by atoms with van der Waals surface area (Å²) in [7, 11) is -4.34. The Kier molecular flexibility index (Phi) is 5.31. The molecule has 1 atom stereocenters. The summed E-state index contributed by atoms with van der Waals surface area (Å²) in [5.41, 5.74) is 1.97. The van der Waals surface area contributed by atoms with E-state index < -0.39 is 38.4 Å². The van der Waals surface area contributed by atoms with Crippen molar-refractivity contribution in [3.8, 4) is 0 Å². The van der Waals surface area contributed by atoms with E-state index in [1.54, 1.807) is 10.9 Å². The molecule has 0 aliphatic rings. The van der Waals surface area contributed by atoms with Crippen molar-refractivity contribution in [3.63, 3.8) is 0 Å². The number of hydrogen-bond donors (Lipinski definition) is 1. The molecule has 0 amide bonds. The Hall–Kier alpha value is -3.17. The van der Waals surface area contributed by atoms with Crippen LogP contribution in [0.5, 0.6) is 0 Å². The molecule has 9 heteroatoms. The highest BCUT2D eigenvalue weighted by molar-refractivity contribution is 7.89. The van der Waals surface area contributed by atoms with Crippen LogP contribution in [-0.2, 0) is 16.6 Å². The molecule has 0 radical (unpaired) electrons. The third kappa shape index (κ3) is 4.07. The maximum atomic E-state index is 14.1. The molecular weight excluding hydrogens is 415 g/mol. The lowest BCUT2D eigenvalue weighted by molar-refractivity contribution is 0.505. The zero-order chi connectivity index (χ0) is 21.3. The van der Waals surface area contributed by atoms with Crippen LogP contribution in [0.2, 0.25) is 0 Å². The lowest BCUT2D eigenvalue weighted by atomic mass is 10.1. The Morgan fingerprint density at radius 2 is 1.63 bits per heavy atom. The monoisotopic (exact) mass is 431 g/mol. The van der Waals surface area contributed by atoms with Crippen molar-refractivity contribution in [2.24, 2.45) is 0 Å².